The predicted molar refractivity (Wildman–Crippen MR) is 102 cm³/mol. The van der Waals surface area contributed by atoms with E-state index in [4.69, 9.17) is 13.3 Å². The third-order valence-corrected chi connectivity index (χ3v) is 4.32. The molecule has 0 amide bonds. The van der Waals surface area contributed by atoms with Gasteiger partial charge in [-0.15, -0.1) is 0 Å². The van der Waals surface area contributed by atoms with Crippen molar-refractivity contribution in [3.05, 3.63) is 70.6 Å². The fraction of sp³-hybridized carbons (Fsp3) is 0. The molecule has 4 aromatic rings. The van der Waals surface area contributed by atoms with E-state index >= 15 is 0 Å². The smallest absolute Gasteiger partial charge is 0.238 e. The van der Waals surface area contributed by atoms with Crippen LogP contribution in [0.15, 0.2) is 77.7 Å². The van der Waals surface area contributed by atoms with Gasteiger partial charge in [0.2, 0.25) is 5.88 Å². The van der Waals surface area contributed by atoms with E-state index in [1.807, 2.05) is 0 Å². The number of aromatic hydroxyl groups is 1. The minimum atomic E-state index is 0.0597. The van der Waals surface area contributed by atoms with E-state index in [1.54, 1.807) is 42.5 Å². The Morgan fingerprint density at radius 2 is 1.81 bits per heavy atom. The van der Waals surface area contributed by atoms with Gasteiger partial charge in [-0.2, -0.15) is 5.26 Å². The molecule has 7 heteroatoms. The van der Waals surface area contributed by atoms with Crippen molar-refractivity contribution in [1.82, 2.24) is 0 Å². The summed E-state index contributed by atoms with van der Waals surface area (Å²) in [7, 11) is 0. The number of aliphatic imine (C=N–C) groups is 1. The highest BCUT2D eigenvalue weighted by Crippen LogP contribution is 2.42. The maximum atomic E-state index is 9.96. The van der Waals surface area contributed by atoms with Gasteiger partial charge in [0.05, 0.1) is 18.1 Å². The molecule has 0 aliphatic heterocycles. The highest BCUT2D eigenvalue weighted by atomic mass is 79.9. The van der Waals surface area contributed by atoms with Crippen molar-refractivity contribution in [2.24, 2.45) is 4.99 Å². The van der Waals surface area contributed by atoms with Gasteiger partial charge < -0.3 is 18.4 Å². The minimum Gasteiger partial charge on any atom is -0.507 e. The van der Waals surface area contributed by atoms with E-state index in [0.717, 1.165) is 4.47 Å². The third-order valence-electron chi connectivity index (χ3n) is 3.82. The molecule has 0 aliphatic rings. The van der Waals surface area contributed by atoms with Crippen molar-refractivity contribution in [3.8, 4) is 34.7 Å². The average molecular weight is 423 g/mol. The molecule has 0 bridgehead atoms. The fourth-order valence-electron chi connectivity index (χ4n) is 2.61. The standard InChI is InChI=1S/C20H11BrN2O4/c21-13-5-6-15(24)12(9-13)11-23-20-14(10-22)18(16-3-1-7-25-16)19(27-20)17-4-2-8-26-17/h1-9,11,24H/b23-11+. The largest absolute Gasteiger partial charge is 0.507 e. The molecule has 0 atom stereocenters. The van der Waals surface area contributed by atoms with E-state index in [-0.39, 0.29) is 17.2 Å². The van der Waals surface area contributed by atoms with Gasteiger partial charge in [-0.25, -0.2) is 4.99 Å². The first-order valence-corrected chi connectivity index (χ1v) is 8.64. The molecule has 0 aliphatic carbocycles. The van der Waals surface area contributed by atoms with Gasteiger partial charge in [0.1, 0.15) is 23.1 Å². The van der Waals surface area contributed by atoms with E-state index < -0.39 is 0 Å². The number of nitrogens with zero attached hydrogens (tertiary/aromatic N) is 2. The Hall–Kier alpha value is -3.50. The number of halogens is 1. The summed E-state index contributed by atoms with van der Waals surface area (Å²) in [4.78, 5) is 4.27. The summed E-state index contributed by atoms with van der Waals surface area (Å²) in [6, 6.07) is 14.0. The number of hydrogen-bond acceptors (Lipinski definition) is 6. The first kappa shape index (κ1) is 16.9. The number of benzene rings is 1. The van der Waals surface area contributed by atoms with Crippen LogP contribution in [0.25, 0.3) is 22.8 Å². The van der Waals surface area contributed by atoms with Gasteiger partial charge in [-0.05, 0) is 42.5 Å². The van der Waals surface area contributed by atoms with E-state index in [2.05, 4.69) is 27.0 Å². The Balaban J connectivity index is 1.87. The molecule has 0 saturated heterocycles. The molecule has 1 N–H and O–H groups in total. The second kappa shape index (κ2) is 7.02. The third kappa shape index (κ3) is 3.18. The lowest BCUT2D eigenvalue weighted by molar-refractivity contribution is 0.474. The van der Waals surface area contributed by atoms with Crippen LogP contribution < -0.4 is 0 Å². The van der Waals surface area contributed by atoms with Crippen molar-refractivity contribution >= 4 is 28.0 Å². The molecule has 3 heterocycles. The molecule has 1 aromatic carbocycles. The van der Waals surface area contributed by atoms with E-state index in [0.29, 0.717) is 28.4 Å². The van der Waals surface area contributed by atoms with Crippen molar-refractivity contribution in [3.63, 3.8) is 0 Å². The topological polar surface area (TPSA) is 95.8 Å². The second-order valence-electron chi connectivity index (χ2n) is 5.51. The highest BCUT2D eigenvalue weighted by molar-refractivity contribution is 9.10. The van der Waals surface area contributed by atoms with Crippen molar-refractivity contribution < 1.29 is 18.4 Å². The normalized spacial score (nSPS) is 11.1. The van der Waals surface area contributed by atoms with Gasteiger partial charge in [-0.1, -0.05) is 15.9 Å². The lowest BCUT2D eigenvalue weighted by Gasteiger charge is -1.98. The number of rotatable bonds is 4. The van der Waals surface area contributed by atoms with Crippen LogP contribution >= 0.6 is 15.9 Å². The van der Waals surface area contributed by atoms with Crippen LogP contribution in [0.4, 0.5) is 5.88 Å². The zero-order chi connectivity index (χ0) is 18.8. The quantitative estimate of drug-likeness (QED) is 0.413. The SMILES string of the molecule is N#Cc1c(/N=C/c2cc(Br)ccc2O)oc(-c2ccco2)c1-c1ccco1. The van der Waals surface area contributed by atoms with Gasteiger partial charge in [-0.3, -0.25) is 0 Å². The second-order valence-corrected chi connectivity index (χ2v) is 6.43. The maximum absolute atomic E-state index is 9.96. The average Bonchev–Trinajstić information content (AvgIpc) is 3.41. The summed E-state index contributed by atoms with van der Waals surface area (Å²) < 4.78 is 17.5. The maximum Gasteiger partial charge on any atom is 0.238 e. The molecule has 27 heavy (non-hydrogen) atoms. The van der Waals surface area contributed by atoms with E-state index in [1.165, 1.54) is 18.7 Å². The number of phenols is 1. The van der Waals surface area contributed by atoms with Gasteiger partial charge in [0, 0.05) is 16.3 Å². The number of furan rings is 3. The van der Waals surface area contributed by atoms with Crippen LogP contribution in [0.2, 0.25) is 0 Å². The van der Waals surface area contributed by atoms with E-state index in [9.17, 15) is 10.4 Å². The lowest BCUT2D eigenvalue weighted by Crippen LogP contribution is -1.83. The van der Waals surface area contributed by atoms with Gasteiger partial charge in [0.15, 0.2) is 11.5 Å². The highest BCUT2D eigenvalue weighted by Gasteiger charge is 2.26. The molecule has 0 unspecified atom stereocenters. The number of phenolic OH excluding ortho intramolecular Hbond substituents is 1. The summed E-state index contributed by atoms with van der Waals surface area (Å²) in [5.41, 5.74) is 1.15. The molecule has 4 rings (SSSR count). The first-order valence-electron chi connectivity index (χ1n) is 7.84. The zero-order valence-electron chi connectivity index (χ0n) is 13.7. The summed E-state index contributed by atoms with van der Waals surface area (Å²) in [6.07, 6.45) is 4.45. The lowest BCUT2D eigenvalue weighted by atomic mass is 10.1. The Morgan fingerprint density at radius 3 is 2.48 bits per heavy atom. The van der Waals surface area contributed by atoms with Crippen LogP contribution in [0, 0.1) is 11.3 Å². The Kier molecular flexibility index (Phi) is 4.40. The van der Waals surface area contributed by atoms with Crippen LogP contribution in [-0.4, -0.2) is 11.3 Å². The molecular formula is C20H11BrN2O4. The van der Waals surface area contributed by atoms with Crippen molar-refractivity contribution in [1.29, 1.82) is 5.26 Å². The molecule has 0 radical (unpaired) electrons. The van der Waals surface area contributed by atoms with Gasteiger partial charge in [0.25, 0.3) is 0 Å². The molecule has 132 valence electrons. The molecular weight excluding hydrogens is 412 g/mol. The van der Waals surface area contributed by atoms with Crippen molar-refractivity contribution in [2.45, 2.75) is 0 Å². The first-order chi connectivity index (χ1) is 13.2. The fourth-order valence-corrected chi connectivity index (χ4v) is 2.99. The van der Waals surface area contributed by atoms with Crippen LogP contribution in [0.3, 0.4) is 0 Å². The molecule has 6 nitrogen and oxygen atoms in total. The molecule has 0 saturated carbocycles. The minimum absolute atomic E-state index is 0.0597. The Labute approximate surface area is 162 Å². The summed E-state index contributed by atoms with van der Waals surface area (Å²) >= 11 is 3.35. The van der Waals surface area contributed by atoms with Crippen LogP contribution in [-0.2, 0) is 0 Å². The predicted octanol–water partition coefficient (Wildman–Crippen LogP) is 5.89. The summed E-state index contributed by atoms with van der Waals surface area (Å²) in [6.45, 7) is 0. The number of hydrogen-bond donors (Lipinski definition) is 1. The summed E-state index contributed by atoms with van der Waals surface area (Å²) in [5.74, 6) is 1.41. The van der Waals surface area contributed by atoms with Crippen LogP contribution in [0.5, 0.6) is 5.75 Å². The molecule has 0 spiro atoms. The zero-order valence-corrected chi connectivity index (χ0v) is 15.3. The molecule has 3 aromatic heterocycles. The Morgan fingerprint density at radius 1 is 1.07 bits per heavy atom. The van der Waals surface area contributed by atoms with Crippen LogP contribution in [0.1, 0.15) is 11.1 Å². The molecule has 0 fully saturated rings. The Bertz CT molecular complexity index is 1150. The van der Waals surface area contributed by atoms with Crippen molar-refractivity contribution in [2.75, 3.05) is 0 Å². The monoisotopic (exact) mass is 422 g/mol. The van der Waals surface area contributed by atoms with Gasteiger partial charge >= 0.3 is 0 Å². The summed E-state index contributed by atoms with van der Waals surface area (Å²) in [5, 5.41) is 19.7. The number of nitriles is 1.